The van der Waals surface area contributed by atoms with E-state index in [-0.39, 0.29) is 11.7 Å². The molecule has 8 nitrogen and oxygen atoms in total. The first-order valence-electron chi connectivity index (χ1n) is 9.72. The van der Waals surface area contributed by atoms with E-state index in [4.69, 9.17) is 4.74 Å². The summed E-state index contributed by atoms with van der Waals surface area (Å²) < 4.78 is 7.53. The number of thiazole rings is 1. The highest BCUT2D eigenvalue weighted by atomic mass is 79.9. The standard InChI is InChI=1S/C22H15BrN4O4S/c1-3-26-15-9-8-12(23)10-14(15)17(20(26)29)18-21(30)27-22(32-18)24-19(25-27)13-6-4-5-7-16(13)31-11(2)28/h4-10H,3H2,1-2H3/b18-17-. The van der Waals surface area contributed by atoms with Gasteiger partial charge in [0.15, 0.2) is 5.82 Å². The first-order valence-corrected chi connectivity index (χ1v) is 11.3. The molecule has 1 amide bonds. The maximum absolute atomic E-state index is 13.2. The fraction of sp³-hybridized carbons (Fsp3) is 0.136. The van der Waals surface area contributed by atoms with Crippen molar-refractivity contribution in [3.8, 4) is 17.1 Å². The Morgan fingerprint density at radius 1 is 1.16 bits per heavy atom. The van der Waals surface area contributed by atoms with Gasteiger partial charge in [0.1, 0.15) is 10.3 Å². The molecule has 0 spiro atoms. The number of carbonyl (C=O) groups excluding carboxylic acids is 2. The van der Waals surface area contributed by atoms with Crippen LogP contribution in [0.25, 0.3) is 21.9 Å². The number of hydrogen-bond acceptors (Lipinski definition) is 7. The largest absolute Gasteiger partial charge is 0.426 e. The third-order valence-corrected chi connectivity index (χ3v) is 6.58. The molecule has 0 radical (unpaired) electrons. The molecule has 160 valence electrons. The molecular formula is C22H15BrN4O4S. The minimum atomic E-state index is -0.466. The highest BCUT2D eigenvalue weighted by Gasteiger charge is 2.33. The Kier molecular flexibility index (Phi) is 4.90. The normalized spacial score (nSPS) is 14.8. The number of fused-ring (bicyclic) bond motifs is 2. The Balaban J connectivity index is 1.71. The van der Waals surface area contributed by atoms with Crippen molar-refractivity contribution in [1.82, 2.24) is 14.6 Å². The van der Waals surface area contributed by atoms with Crippen molar-refractivity contribution in [2.75, 3.05) is 11.4 Å². The second kappa shape index (κ2) is 7.64. The molecule has 0 unspecified atom stereocenters. The van der Waals surface area contributed by atoms with Gasteiger partial charge in [-0.25, -0.2) is 0 Å². The monoisotopic (exact) mass is 510 g/mol. The minimum Gasteiger partial charge on any atom is -0.426 e. The van der Waals surface area contributed by atoms with E-state index in [1.54, 1.807) is 29.2 Å². The van der Waals surface area contributed by atoms with Crippen LogP contribution < -0.4 is 19.7 Å². The molecule has 3 heterocycles. The number of benzene rings is 2. The van der Waals surface area contributed by atoms with Gasteiger partial charge < -0.3 is 9.64 Å². The van der Waals surface area contributed by atoms with Crippen LogP contribution in [0.4, 0.5) is 5.69 Å². The average molecular weight is 511 g/mol. The zero-order valence-corrected chi connectivity index (χ0v) is 19.4. The van der Waals surface area contributed by atoms with Crippen molar-refractivity contribution in [2.45, 2.75) is 13.8 Å². The van der Waals surface area contributed by atoms with E-state index in [1.807, 2.05) is 25.1 Å². The topological polar surface area (TPSA) is 93.9 Å². The van der Waals surface area contributed by atoms with Crippen LogP contribution in [0, 0.1) is 0 Å². The van der Waals surface area contributed by atoms with Gasteiger partial charge in [0.05, 0.1) is 16.8 Å². The Morgan fingerprint density at radius 3 is 2.66 bits per heavy atom. The summed E-state index contributed by atoms with van der Waals surface area (Å²) in [6, 6.07) is 12.4. The molecule has 2 aromatic carbocycles. The number of halogens is 1. The van der Waals surface area contributed by atoms with Gasteiger partial charge >= 0.3 is 5.97 Å². The van der Waals surface area contributed by atoms with Crippen LogP contribution in [-0.4, -0.2) is 33.0 Å². The molecule has 4 aromatic rings. The Labute approximate surface area is 193 Å². The molecule has 0 fully saturated rings. The first-order chi connectivity index (χ1) is 15.4. The van der Waals surface area contributed by atoms with Gasteiger partial charge in [0, 0.05) is 23.5 Å². The van der Waals surface area contributed by atoms with Crippen LogP contribution in [0.3, 0.4) is 0 Å². The summed E-state index contributed by atoms with van der Waals surface area (Å²) in [6.07, 6.45) is 0. The Morgan fingerprint density at radius 2 is 1.94 bits per heavy atom. The van der Waals surface area contributed by atoms with Crippen molar-refractivity contribution in [3.05, 3.63) is 67.4 Å². The van der Waals surface area contributed by atoms with Crippen molar-refractivity contribution in [1.29, 1.82) is 0 Å². The number of carbonyl (C=O) groups is 2. The fourth-order valence-corrected chi connectivity index (χ4v) is 5.09. The number of aromatic nitrogens is 3. The molecule has 2 aromatic heterocycles. The van der Waals surface area contributed by atoms with E-state index in [2.05, 4.69) is 26.0 Å². The lowest BCUT2D eigenvalue weighted by molar-refractivity contribution is -0.131. The third-order valence-electron chi connectivity index (χ3n) is 5.06. The molecule has 5 rings (SSSR count). The molecule has 0 atom stereocenters. The van der Waals surface area contributed by atoms with E-state index in [0.29, 0.717) is 38.5 Å². The number of amides is 1. The van der Waals surface area contributed by atoms with Crippen LogP contribution in [0.2, 0.25) is 0 Å². The lowest BCUT2D eigenvalue weighted by atomic mass is 10.1. The van der Waals surface area contributed by atoms with Gasteiger partial charge in [0.25, 0.3) is 11.5 Å². The van der Waals surface area contributed by atoms with Crippen LogP contribution in [-0.2, 0) is 9.59 Å². The third kappa shape index (κ3) is 3.14. The van der Waals surface area contributed by atoms with Gasteiger partial charge in [-0.3, -0.25) is 14.4 Å². The van der Waals surface area contributed by atoms with E-state index >= 15 is 0 Å². The van der Waals surface area contributed by atoms with Gasteiger partial charge in [-0.15, -0.1) is 5.10 Å². The maximum Gasteiger partial charge on any atom is 0.308 e. The lowest BCUT2D eigenvalue weighted by Crippen LogP contribution is -2.32. The van der Waals surface area contributed by atoms with Crippen LogP contribution >= 0.6 is 27.3 Å². The molecule has 10 heteroatoms. The van der Waals surface area contributed by atoms with Crippen molar-refractivity contribution in [3.63, 3.8) is 0 Å². The number of ether oxygens (including phenoxy) is 1. The first kappa shape index (κ1) is 20.5. The highest BCUT2D eigenvalue weighted by molar-refractivity contribution is 9.10. The lowest BCUT2D eigenvalue weighted by Gasteiger charge is -2.13. The van der Waals surface area contributed by atoms with Crippen molar-refractivity contribution < 1.29 is 14.3 Å². The Bertz CT molecular complexity index is 1540. The number of esters is 1. The average Bonchev–Trinajstić information content (AvgIpc) is 3.38. The molecule has 0 saturated carbocycles. The molecule has 0 aliphatic carbocycles. The second-order valence-corrected chi connectivity index (χ2v) is 8.94. The van der Waals surface area contributed by atoms with Gasteiger partial charge in [-0.1, -0.05) is 39.4 Å². The molecule has 32 heavy (non-hydrogen) atoms. The van der Waals surface area contributed by atoms with E-state index < -0.39 is 11.5 Å². The smallest absolute Gasteiger partial charge is 0.308 e. The number of hydrogen-bond donors (Lipinski definition) is 0. The summed E-state index contributed by atoms with van der Waals surface area (Å²) in [7, 11) is 0. The summed E-state index contributed by atoms with van der Waals surface area (Å²) in [4.78, 5) is 44.3. The van der Waals surface area contributed by atoms with Crippen LogP contribution in [0.1, 0.15) is 19.4 Å². The Hall–Kier alpha value is -3.37. The van der Waals surface area contributed by atoms with Gasteiger partial charge in [-0.2, -0.15) is 9.50 Å². The second-order valence-electron chi connectivity index (χ2n) is 7.04. The van der Waals surface area contributed by atoms with Crippen LogP contribution in [0.5, 0.6) is 5.75 Å². The molecular weight excluding hydrogens is 496 g/mol. The SMILES string of the molecule is CCN1C(=O)/C(=c2\sc3nc(-c4ccccc4OC(C)=O)nn3c2=O)c2cc(Br)ccc21. The zero-order valence-electron chi connectivity index (χ0n) is 17.0. The van der Waals surface area contributed by atoms with Gasteiger partial charge in [0.2, 0.25) is 4.96 Å². The van der Waals surface area contributed by atoms with E-state index in [1.165, 1.54) is 11.4 Å². The quantitative estimate of drug-likeness (QED) is 0.310. The zero-order chi connectivity index (χ0) is 22.6. The summed E-state index contributed by atoms with van der Waals surface area (Å²) in [5, 5.41) is 4.34. The van der Waals surface area contributed by atoms with Gasteiger partial charge in [-0.05, 0) is 37.3 Å². The fourth-order valence-electron chi connectivity index (χ4n) is 3.73. The molecule has 0 bridgehead atoms. The number of rotatable bonds is 3. The molecule has 1 aliphatic rings. The summed E-state index contributed by atoms with van der Waals surface area (Å²) in [5.74, 6) is -0.115. The van der Waals surface area contributed by atoms with E-state index in [0.717, 1.165) is 21.5 Å². The predicted molar refractivity (Wildman–Crippen MR) is 124 cm³/mol. The molecule has 0 saturated heterocycles. The highest BCUT2D eigenvalue weighted by Crippen LogP contribution is 2.37. The predicted octanol–water partition coefficient (Wildman–Crippen LogP) is 2.79. The summed E-state index contributed by atoms with van der Waals surface area (Å²) in [6.45, 7) is 3.69. The van der Waals surface area contributed by atoms with Crippen molar-refractivity contribution in [2.24, 2.45) is 0 Å². The van der Waals surface area contributed by atoms with E-state index in [9.17, 15) is 14.4 Å². The van der Waals surface area contributed by atoms with Crippen molar-refractivity contribution >= 4 is 55.4 Å². The number of anilines is 1. The number of likely N-dealkylation sites (N-methyl/N-ethyl adjacent to an activating group) is 1. The molecule has 1 aliphatic heterocycles. The number of nitrogens with zero attached hydrogens (tertiary/aromatic N) is 4. The minimum absolute atomic E-state index is 0.220. The van der Waals surface area contributed by atoms with Crippen LogP contribution in [0.15, 0.2) is 51.7 Å². The maximum atomic E-state index is 13.2. The number of para-hydroxylation sites is 1. The summed E-state index contributed by atoms with van der Waals surface area (Å²) in [5.41, 5.74) is 1.90. The summed E-state index contributed by atoms with van der Waals surface area (Å²) >= 11 is 4.56. The molecule has 0 N–H and O–H groups in total.